The van der Waals surface area contributed by atoms with Gasteiger partial charge in [0.2, 0.25) is 0 Å². The smallest absolute Gasteiger partial charge is 0.269 e. The van der Waals surface area contributed by atoms with E-state index in [1.807, 2.05) is 36.4 Å². The van der Waals surface area contributed by atoms with Crippen molar-refractivity contribution in [2.75, 3.05) is 26.4 Å². The van der Waals surface area contributed by atoms with Crippen LogP contribution in [0.4, 0.5) is 11.4 Å². The summed E-state index contributed by atoms with van der Waals surface area (Å²) in [6.07, 6.45) is 4.30. The number of benzene rings is 4. The lowest BCUT2D eigenvalue weighted by atomic mass is 10.1. The minimum absolute atomic E-state index is 0.0425. The average Bonchev–Trinajstić information content (AvgIpc) is 2.98. The third-order valence-corrected chi connectivity index (χ3v) is 6.28. The molecule has 0 spiro atoms. The van der Waals surface area contributed by atoms with Crippen LogP contribution in [0.2, 0.25) is 0 Å². The number of hydrogen-bond donors (Lipinski definition) is 0. The van der Waals surface area contributed by atoms with Crippen molar-refractivity contribution in [1.82, 2.24) is 0 Å². The van der Waals surface area contributed by atoms with Gasteiger partial charge in [0.1, 0.15) is 23.0 Å². The first-order valence-corrected chi connectivity index (χ1v) is 13.5. The summed E-state index contributed by atoms with van der Waals surface area (Å²) < 4.78 is 23.1. The minimum Gasteiger partial charge on any atom is -0.494 e. The molecule has 4 rings (SSSR count). The summed E-state index contributed by atoms with van der Waals surface area (Å²) in [6, 6.07) is 24.1. The normalized spacial score (nSPS) is 10.7. The van der Waals surface area contributed by atoms with Gasteiger partial charge in [-0.1, -0.05) is 12.1 Å². The van der Waals surface area contributed by atoms with E-state index in [2.05, 4.69) is 0 Å². The highest BCUT2D eigenvalue weighted by molar-refractivity contribution is 5.85. The maximum atomic E-state index is 10.7. The van der Waals surface area contributed by atoms with Gasteiger partial charge in [-0.2, -0.15) is 0 Å². The Morgan fingerprint density at radius 2 is 0.780 bits per heavy atom. The molecule has 0 bridgehead atoms. The van der Waals surface area contributed by atoms with Gasteiger partial charge in [-0.15, -0.1) is 0 Å². The molecule has 0 unspecified atom stereocenters. The zero-order chi connectivity index (χ0) is 28.9. The highest BCUT2D eigenvalue weighted by atomic mass is 16.6. The summed E-state index contributed by atoms with van der Waals surface area (Å²) in [5.41, 5.74) is 0.0915. The van der Waals surface area contributed by atoms with Gasteiger partial charge < -0.3 is 18.9 Å². The van der Waals surface area contributed by atoms with E-state index >= 15 is 0 Å². The van der Waals surface area contributed by atoms with E-state index in [-0.39, 0.29) is 11.4 Å². The molecule has 0 aromatic heterocycles. The van der Waals surface area contributed by atoms with E-state index in [9.17, 15) is 20.2 Å². The Balaban J connectivity index is 1.10. The van der Waals surface area contributed by atoms with E-state index in [1.165, 1.54) is 24.3 Å². The quantitative estimate of drug-likeness (QED) is 0.0738. The molecule has 10 heteroatoms. The molecule has 0 amide bonds. The third kappa shape index (κ3) is 9.38. The summed E-state index contributed by atoms with van der Waals surface area (Å²) in [5.74, 6) is 2.83. The van der Waals surface area contributed by atoms with Crippen molar-refractivity contribution in [3.8, 4) is 23.0 Å². The highest BCUT2D eigenvalue weighted by Gasteiger charge is 2.06. The van der Waals surface area contributed by atoms with Crippen molar-refractivity contribution in [2.24, 2.45) is 0 Å². The Bertz CT molecular complexity index is 1420. The second kappa shape index (κ2) is 15.1. The van der Waals surface area contributed by atoms with Crippen LogP contribution in [0.3, 0.4) is 0 Å². The highest BCUT2D eigenvalue weighted by Crippen LogP contribution is 2.26. The second-order valence-corrected chi connectivity index (χ2v) is 9.33. The van der Waals surface area contributed by atoms with E-state index in [0.717, 1.165) is 54.4 Å². The van der Waals surface area contributed by atoms with Crippen molar-refractivity contribution >= 4 is 22.1 Å². The van der Waals surface area contributed by atoms with E-state index < -0.39 is 9.85 Å². The number of nitro groups is 2. The van der Waals surface area contributed by atoms with E-state index in [4.69, 9.17) is 18.9 Å². The summed E-state index contributed by atoms with van der Waals surface area (Å²) in [4.78, 5) is 20.6. The molecule has 0 aliphatic carbocycles. The molecule has 0 saturated carbocycles. The van der Waals surface area contributed by atoms with Crippen molar-refractivity contribution in [3.63, 3.8) is 0 Å². The zero-order valence-corrected chi connectivity index (χ0v) is 22.6. The van der Waals surface area contributed by atoms with Gasteiger partial charge in [0.25, 0.3) is 11.4 Å². The van der Waals surface area contributed by atoms with Gasteiger partial charge in [-0.05, 0) is 91.4 Å². The van der Waals surface area contributed by atoms with Crippen LogP contribution < -0.4 is 18.9 Å². The number of non-ortho nitro benzene ring substituents is 2. The van der Waals surface area contributed by atoms with Gasteiger partial charge in [0.05, 0.1) is 36.3 Å². The lowest BCUT2D eigenvalue weighted by molar-refractivity contribution is -0.385. The van der Waals surface area contributed by atoms with Crippen LogP contribution in [0.25, 0.3) is 10.8 Å². The van der Waals surface area contributed by atoms with Crippen molar-refractivity contribution in [2.45, 2.75) is 32.1 Å². The minimum atomic E-state index is -0.434. The van der Waals surface area contributed by atoms with E-state index in [1.54, 1.807) is 24.3 Å². The number of unbranched alkanes of at least 4 members (excludes halogenated alkanes) is 3. The molecular formula is C31H32N2O8. The number of fused-ring (bicyclic) bond motifs is 1. The van der Waals surface area contributed by atoms with Crippen LogP contribution in [-0.4, -0.2) is 36.3 Å². The van der Waals surface area contributed by atoms with Crippen molar-refractivity contribution in [1.29, 1.82) is 0 Å². The van der Waals surface area contributed by atoms with Crippen LogP contribution in [0.15, 0.2) is 84.9 Å². The number of hydrogen-bond acceptors (Lipinski definition) is 8. The Morgan fingerprint density at radius 3 is 1.17 bits per heavy atom. The van der Waals surface area contributed by atoms with Gasteiger partial charge in [-0.25, -0.2) is 0 Å². The van der Waals surface area contributed by atoms with Crippen molar-refractivity contribution < 1.29 is 28.8 Å². The van der Waals surface area contributed by atoms with Crippen LogP contribution in [0.1, 0.15) is 32.1 Å². The molecule has 41 heavy (non-hydrogen) atoms. The van der Waals surface area contributed by atoms with Crippen LogP contribution in [-0.2, 0) is 0 Å². The second-order valence-electron chi connectivity index (χ2n) is 9.33. The van der Waals surface area contributed by atoms with Gasteiger partial charge in [0, 0.05) is 24.3 Å². The Hall–Kier alpha value is -4.86. The molecule has 0 atom stereocenters. The number of rotatable bonds is 17. The molecule has 0 saturated heterocycles. The van der Waals surface area contributed by atoms with Gasteiger partial charge in [0.15, 0.2) is 0 Å². The monoisotopic (exact) mass is 560 g/mol. The Morgan fingerprint density at radius 1 is 0.439 bits per heavy atom. The first-order chi connectivity index (χ1) is 20.0. The fourth-order valence-electron chi connectivity index (χ4n) is 4.06. The molecule has 4 aromatic carbocycles. The molecule has 10 nitrogen and oxygen atoms in total. The molecule has 0 aliphatic heterocycles. The first kappa shape index (κ1) is 29.1. The number of ether oxygens (including phenoxy) is 4. The van der Waals surface area contributed by atoms with Crippen LogP contribution in [0, 0.1) is 20.2 Å². The molecule has 0 radical (unpaired) electrons. The molecule has 4 aromatic rings. The summed E-state index contributed by atoms with van der Waals surface area (Å²) >= 11 is 0. The summed E-state index contributed by atoms with van der Waals surface area (Å²) in [7, 11) is 0. The molecular weight excluding hydrogens is 528 g/mol. The molecule has 0 heterocycles. The SMILES string of the molecule is O=[N+]([O-])c1ccc(OCCCCCOc2ccc3ccc(OCCCCOc4ccc([N+](=O)[O-])cc4)cc3c2)cc1. The summed E-state index contributed by atoms with van der Waals surface area (Å²) in [6.45, 7) is 2.20. The fourth-order valence-corrected chi connectivity index (χ4v) is 4.06. The molecule has 0 N–H and O–H groups in total. The fraction of sp³-hybridized carbons (Fsp3) is 0.290. The first-order valence-electron chi connectivity index (χ1n) is 13.5. The van der Waals surface area contributed by atoms with Gasteiger partial charge in [-0.3, -0.25) is 20.2 Å². The molecule has 0 aliphatic rings. The number of nitrogens with zero attached hydrogens (tertiary/aromatic N) is 2. The van der Waals surface area contributed by atoms with Gasteiger partial charge >= 0.3 is 0 Å². The Labute approximate surface area is 237 Å². The predicted molar refractivity (Wildman–Crippen MR) is 155 cm³/mol. The maximum absolute atomic E-state index is 10.7. The lowest BCUT2D eigenvalue weighted by Gasteiger charge is -2.10. The topological polar surface area (TPSA) is 123 Å². The standard InChI is InChI=1S/C31H32N2O8/c34-32(35)26-8-14-28(15-9-26)38-18-2-1-3-19-40-30-12-6-24-7-13-31(23-25(24)22-30)41-21-5-4-20-39-29-16-10-27(11-17-29)33(36)37/h6-17,22-23H,1-5,18-21H2. The number of nitro benzene ring substituents is 2. The van der Waals surface area contributed by atoms with Crippen molar-refractivity contribution in [3.05, 3.63) is 105 Å². The molecule has 0 fully saturated rings. The Kier molecular flexibility index (Phi) is 10.7. The predicted octanol–water partition coefficient (Wildman–Crippen LogP) is 7.52. The summed E-state index contributed by atoms with van der Waals surface area (Å²) in [5, 5.41) is 23.6. The van der Waals surface area contributed by atoms with Crippen LogP contribution in [0.5, 0.6) is 23.0 Å². The maximum Gasteiger partial charge on any atom is 0.269 e. The average molecular weight is 561 g/mol. The third-order valence-electron chi connectivity index (χ3n) is 6.28. The molecule has 214 valence electrons. The lowest BCUT2D eigenvalue weighted by Crippen LogP contribution is -2.02. The largest absolute Gasteiger partial charge is 0.494 e. The zero-order valence-electron chi connectivity index (χ0n) is 22.6. The van der Waals surface area contributed by atoms with Crippen LogP contribution >= 0.6 is 0 Å². The van der Waals surface area contributed by atoms with E-state index in [0.29, 0.717) is 37.9 Å².